The summed E-state index contributed by atoms with van der Waals surface area (Å²) in [5.41, 5.74) is 9.27. The Morgan fingerprint density at radius 3 is 2.26 bits per heavy atom. The van der Waals surface area contributed by atoms with Crippen LogP contribution < -0.4 is 14.8 Å². The lowest BCUT2D eigenvalue weighted by molar-refractivity contribution is -0.145. The molecule has 0 bridgehead atoms. The van der Waals surface area contributed by atoms with Crippen molar-refractivity contribution in [2.45, 2.75) is 90.7 Å². The van der Waals surface area contributed by atoms with Gasteiger partial charge in [0.15, 0.2) is 0 Å². The number of nitrogens with zero attached hydrogens (tertiary/aromatic N) is 2. The van der Waals surface area contributed by atoms with Gasteiger partial charge in [-0.2, -0.15) is 5.26 Å². The van der Waals surface area contributed by atoms with E-state index in [9.17, 15) is 25.4 Å². The van der Waals surface area contributed by atoms with E-state index in [2.05, 4.69) is 78.7 Å². The number of carboxylic acid groups (broad SMARTS) is 1. The second-order valence-corrected chi connectivity index (χ2v) is 15.7. The average molecular weight is 788 g/mol. The molecule has 1 saturated carbocycles. The van der Waals surface area contributed by atoms with Crippen molar-refractivity contribution >= 4 is 17.6 Å². The second-order valence-electron chi connectivity index (χ2n) is 15.3. The highest BCUT2D eigenvalue weighted by atomic mass is 35.5. The maximum atomic E-state index is 11.9. The fourth-order valence-electron chi connectivity index (χ4n) is 7.42. The summed E-state index contributed by atoms with van der Waals surface area (Å²) >= 11 is 6.77. The van der Waals surface area contributed by atoms with E-state index in [1.54, 1.807) is 24.4 Å². The summed E-state index contributed by atoms with van der Waals surface area (Å²) in [7, 11) is 0. The molecule has 0 unspecified atom stereocenters. The highest BCUT2D eigenvalue weighted by Gasteiger charge is 2.32. The molecular weight excluding hydrogens is 738 g/mol. The van der Waals surface area contributed by atoms with Gasteiger partial charge in [0.1, 0.15) is 36.3 Å². The molecule has 296 valence electrons. The zero-order chi connectivity index (χ0) is 40.5. The fourth-order valence-corrected chi connectivity index (χ4v) is 7.66. The topological polar surface area (TPSA) is 145 Å². The molecule has 9 nitrogen and oxygen atoms in total. The van der Waals surface area contributed by atoms with Gasteiger partial charge in [0.25, 0.3) is 0 Å². The molecule has 1 fully saturated rings. The Morgan fingerprint density at radius 2 is 1.56 bits per heavy atom. The highest BCUT2D eigenvalue weighted by Crippen LogP contribution is 2.37. The SMILES string of the molecule is Cc1c(COc2cc(OCc3cncc(C#N)c3)c(CN[C@@](C)(CO)C(=O)O)cc2Cl)cccc1-c1cccc(-c2ccc(CCC3CCC(O)CC3)cc2)c1C. The van der Waals surface area contributed by atoms with Crippen molar-refractivity contribution in [3.8, 4) is 39.8 Å². The number of aromatic nitrogens is 1. The minimum atomic E-state index is -1.59. The maximum Gasteiger partial charge on any atom is 0.326 e. The predicted octanol–water partition coefficient (Wildman–Crippen LogP) is 9.12. The summed E-state index contributed by atoms with van der Waals surface area (Å²) in [4.78, 5) is 16.0. The molecule has 0 aliphatic heterocycles. The van der Waals surface area contributed by atoms with Crippen molar-refractivity contribution in [2.75, 3.05) is 6.61 Å². The standard InChI is InChI=1S/C47H50ClN3O6/c1-30-37(6-4-8-41(30)42-9-5-7-40(31(42)2)36-16-12-32(13-17-36)10-11-33-14-18-39(53)19-15-33)28-57-45-22-44(56-27-35-20-34(23-49)24-50-25-35)38(21-43(45)48)26-51-47(3,29-52)46(54)55/h4-9,12-13,16-17,20-22,24-25,33,39,51-53H,10-11,14-15,18-19,26-29H2,1-3H3,(H,54,55)/t33?,39?,47-/m0/s1. The molecule has 1 aromatic heterocycles. The van der Waals surface area contributed by atoms with Crippen molar-refractivity contribution in [1.29, 1.82) is 5.26 Å². The van der Waals surface area contributed by atoms with Crippen LogP contribution in [-0.2, 0) is 31.0 Å². The van der Waals surface area contributed by atoms with Gasteiger partial charge in [-0.1, -0.05) is 72.3 Å². The van der Waals surface area contributed by atoms with Crippen LogP contribution in [0.5, 0.6) is 11.5 Å². The van der Waals surface area contributed by atoms with Crippen LogP contribution in [0.1, 0.15) is 78.0 Å². The Kier molecular flexibility index (Phi) is 13.7. The normalized spacial score (nSPS) is 16.4. The van der Waals surface area contributed by atoms with Crippen LogP contribution in [-0.4, -0.2) is 44.5 Å². The van der Waals surface area contributed by atoms with Crippen molar-refractivity contribution in [2.24, 2.45) is 5.92 Å². The van der Waals surface area contributed by atoms with Crippen LogP contribution in [0.4, 0.5) is 0 Å². The van der Waals surface area contributed by atoms with E-state index in [1.807, 2.05) is 12.1 Å². The number of carbonyl (C=O) groups is 1. The molecule has 0 spiro atoms. The van der Waals surface area contributed by atoms with Gasteiger partial charge in [0.05, 0.1) is 23.3 Å². The first kappa shape index (κ1) is 41.4. The van der Waals surface area contributed by atoms with Gasteiger partial charge in [0, 0.05) is 36.1 Å². The van der Waals surface area contributed by atoms with Gasteiger partial charge in [-0.05, 0) is 122 Å². The Labute approximate surface area is 339 Å². The lowest BCUT2D eigenvalue weighted by atomic mass is 9.83. The van der Waals surface area contributed by atoms with Crippen molar-refractivity contribution < 1.29 is 29.6 Å². The van der Waals surface area contributed by atoms with Crippen LogP contribution in [0, 0.1) is 31.1 Å². The average Bonchev–Trinajstić information content (AvgIpc) is 3.22. The number of aliphatic hydroxyl groups excluding tert-OH is 2. The number of ether oxygens (including phenoxy) is 2. The summed E-state index contributed by atoms with van der Waals surface area (Å²) in [6.45, 7) is 5.39. The van der Waals surface area contributed by atoms with Gasteiger partial charge < -0.3 is 24.8 Å². The summed E-state index contributed by atoms with van der Waals surface area (Å²) < 4.78 is 12.5. The monoisotopic (exact) mass is 787 g/mol. The Balaban J connectivity index is 1.19. The molecule has 4 N–H and O–H groups in total. The number of pyridine rings is 1. The number of nitrogens with one attached hydrogen (secondary N) is 1. The summed E-state index contributed by atoms with van der Waals surface area (Å²) in [6.07, 6.45) is 9.28. The van der Waals surface area contributed by atoms with E-state index in [-0.39, 0.29) is 25.9 Å². The quantitative estimate of drug-likeness (QED) is 0.0770. The molecule has 4 aromatic carbocycles. The summed E-state index contributed by atoms with van der Waals surface area (Å²) in [5, 5.41) is 41.8. The Morgan fingerprint density at radius 1 is 0.877 bits per heavy atom. The number of rotatable bonds is 16. The molecule has 0 radical (unpaired) electrons. The number of halogens is 1. The molecule has 1 heterocycles. The van der Waals surface area contributed by atoms with Gasteiger partial charge in [-0.25, -0.2) is 0 Å². The summed E-state index contributed by atoms with van der Waals surface area (Å²) in [6, 6.07) is 28.7. The maximum absolute atomic E-state index is 11.9. The zero-order valence-corrected chi connectivity index (χ0v) is 33.5. The fraction of sp³-hybridized carbons (Fsp3) is 0.340. The molecule has 1 aliphatic rings. The van der Waals surface area contributed by atoms with Crippen LogP contribution in [0.15, 0.2) is 91.3 Å². The smallest absolute Gasteiger partial charge is 0.326 e. The van der Waals surface area contributed by atoms with E-state index >= 15 is 0 Å². The molecule has 6 rings (SSSR count). The van der Waals surface area contributed by atoms with Gasteiger partial charge in [-0.3, -0.25) is 15.1 Å². The first-order valence-electron chi connectivity index (χ1n) is 19.4. The number of hydrogen-bond acceptors (Lipinski definition) is 8. The van der Waals surface area contributed by atoms with Gasteiger partial charge in [0.2, 0.25) is 0 Å². The van der Waals surface area contributed by atoms with Crippen molar-refractivity contribution in [1.82, 2.24) is 10.3 Å². The summed E-state index contributed by atoms with van der Waals surface area (Å²) in [5.74, 6) is 0.278. The molecule has 5 aromatic rings. The minimum absolute atomic E-state index is 0.0335. The van der Waals surface area contributed by atoms with Crippen molar-refractivity contribution in [3.05, 3.63) is 135 Å². The van der Waals surface area contributed by atoms with E-state index in [4.69, 9.17) is 21.1 Å². The number of benzene rings is 4. The number of carboxylic acids is 1. The molecule has 0 saturated heterocycles. The molecule has 57 heavy (non-hydrogen) atoms. The number of aryl methyl sites for hydroxylation is 1. The lowest BCUT2D eigenvalue weighted by Crippen LogP contribution is -2.52. The van der Waals surface area contributed by atoms with E-state index in [0.717, 1.165) is 54.4 Å². The van der Waals surface area contributed by atoms with Crippen molar-refractivity contribution in [3.63, 3.8) is 0 Å². The Hall–Kier alpha value is -5.24. The number of aliphatic carboxylic acids is 1. The number of aliphatic hydroxyl groups is 2. The van der Waals surface area contributed by atoms with E-state index in [1.165, 1.54) is 41.8 Å². The zero-order valence-electron chi connectivity index (χ0n) is 32.7. The Bertz CT molecular complexity index is 2230. The van der Waals surface area contributed by atoms with Crippen LogP contribution >= 0.6 is 11.6 Å². The number of hydrogen-bond donors (Lipinski definition) is 4. The van der Waals surface area contributed by atoms with Gasteiger partial charge >= 0.3 is 5.97 Å². The van der Waals surface area contributed by atoms with Crippen LogP contribution in [0.2, 0.25) is 5.02 Å². The predicted molar refractivity (Wildman–Crippen MR) is 222 cm³/mol. The first-order chi connectivity index (χ1) is 27.5. The van der Waals surface area contributed by atoms with E-state index < -0.39 is 18.1 Å². The first-order valence-corrected chi connectivity index (χ1v) is 19.8. The third kappa shape index (κ3) is 10.2. The molecular formula is C47H50ClN3O6. The highest BCUT2D eigenvalue weighted by molar-refractivity contribution is 6.32. The second kappa shape index (κ2) is 18.8. The number of nitriles is 1. The van der Waals surface area contributed by atoms with Crippen LogP contribution in [0.3, 0.4) is 0 Å². The van der Waals surface area contributed by atoms with E-state index in [0.29, 0.717) is 39.1 Å². The molecule has 1 aliphatic carbocycles. The minimum Gasteiger partial charge on any atom is -0.488 e. The molecule has 0 amide bonds. The van der Waals surface area contributed by atoms with Gasteiger partial charge in [-0.15, -0.1) is 0 Å². The third-order valence-corrected chi connectivity index (χ3v) is 11.6. The third-order valence-electron chi connectivity index (χ3n) is 11.3. The molecule has 10 heteroatoms. The lowest BCUT2D eigenvalue weighted by Gasteiger charge is -2.25. The van der Waals surface area contributed by atoms with Crippen LogP contribution in [0.25, 0.3) is 22.3 Å². The largest absolute Gasteiger partial charge is 0.488 e. The molecule has 1 atom stereocenters.